The number of carbonyl (C=O) groups is 1. The van der Waals surface area contributed by atoms with Crippen molar-refractivity contribution in [2.45, 2.75) is 20.0 Å². The Morgan fingerprint density at radius 3 is 2.59 bits per heavy atom. The topological polar surface area (TPSA) is 103 Å². The van der Waals surface area contributed by atoms with E-state index < -0.39 is 11.8 Å². The minimum atomic E-state index is -0.611. The molecule has 2 aromatic carbocycles. The number of ether oxygens (including phenoxy) is 1. The molecule has 27 heavy (non-hydrogen) atoms. The minimum Gasteiger partial charge on any atom is -0.454 e. The summed E-state index contributed by atoms with van der Waals surface area (Å²) in [4.78, 5) is 24.3. The van der Waals surface area contributed by atoms with Crippen LogP contribution >= 0.6 is 0 Å². The second-order valence-corrected chi connectivity index (χ2v) is 5.65. The van der Waals surface area contributed by atoms with Crippen LogP contribution in [0.4, 0.5) is 22.0 Å². The molecular formula is C19H18FN5O2. The van der Waals surface area contributed by atoms with E-state index in [0.717, 1.165) is 17.7 Å². The Bertz CT molecular complexity index is 947. The van der Waals surface area contributed by atoms with Crippen molar-refractivity contribution < 1.29 is 13.9 Å². The number of rotatable bonds is 6. The zero-order valence-electron chi connectivity index (χ0n) is 14.6. The van der Waals surface area contributed by atoms with E-state index in [1.54, 1.807) is 0 Å². The summed E-state index contributed by atoms with van der Waals surface area (Å²) >= 11 is 0. The van der Waals surface area contributed by atoms with Crippen molar-refractivity contribution in [3.05, 3.63) is 71.3 Å². The van der Waals surface area contributed by atoms with Crippen LogP contribution in [-0.2, 0) is 17.8 Å². The molecule has 3 N–H and O–H groups in total. The van der Waals surface area contributed by atoms with Gasteiger partial charge in [-0.1, -0.05) is 25.1 Å². The summed E-state index contributed by atoms with van der Waals surface area (Å²) in [7, 11) is 0. The monoisotopic (exact) mass is 367 g/mol. The Labute approximate surface area is 155 Å². The SMILES string of the molecule is CCc1ccccc1Nc1nc(N)nc(COC(=O)c2ccc(F)cc2)n1. The average molecular weight is 367 g/mol. The van der Waals surface area contributed by atoms with Crippen LogP contribution in [0.2, 0.25) is 0 Å². The number of halogens is 1. The van der Waals surface area contributed by atoms with Gasteiger partial charge in [0.1, 0.15) is 5.82 Å². The first-order valence-corrected chi connectivity index (χ1v) is 8.33. The summed E-state index contributed by atoms with van der Waals surface area (Å²) in [5.74, 6) is -0.570. The van der Waals surface area contributed by atoms with Crippen molar-refractivity contribution in [2.75, 3.05) is 11.1 Å². The maximum absolute atomic E-state index is 12.9. The summed E-state index contributed by atoms with van der Waals surface area (Å²) in [6.07, 6.45) is 0.839. The highest BCUT2D eigenvalue weighted by Crippen LogP contribution is 2.19. The van der Waals surface area contributed by atoms with E-state index in [9.17, 15) is 9.18 Å². The second kappa shape index (κ2) is 8.22. The van der Waals surface area contributed by atoms with Crippen LogP contribution in [0.25, 0.3) is 0 Å². The number of para-hydroxylation sites is 1. The van der Waals surface area contributed by atoms with Crippen LogP contribution in [0.15, 0.2) is 48.5 Å². The van der Waals surface area contributed by atoms with E-state index in [1.165, 1.54) is 24.3 Å². The Morgan fingerprint density at radius 1 is 1.11 bits per heavy atom. The summed E-state index contributed by atoms with van der Waals surface area (Å²) in [6.45, 7) is 1.86. The number of esters is 1. The molecule has 1 heterocycles. The largest absolute Gasteiger partial charge is 0.454 e. The van der Waals surface area contributed by atoms with Gasteiger partial charge < -0.3 is 15.8 Å². The molecule has 7 nitrogen and oxygen atoms in total. The van der Waals surface area contributed by atoms with Crippen molar-refractivity contribution in [1.29, 1.82) is 0 Å². The first kappa shape index (κ1) is 18.2. The van der Waals surface area contributed by atoms with Crippen LogP contribution in [0, 0.1) is 5.82 Å². The van der Waals surface area contributed by atoms with E-state index >= 15 is 0 Å². The third kappa shape index (κ3) is 4.75. The van der Waals surface area contributed by atoms with Gasteiger partial charge in [-0.15, -0.1) is 0 Å². The highest BCUT2D eigenvalue weighted by molar-refractivity contribution is 5.89. The van der Waals surface area contributed by atoms with Crippen LogP contribution in [0.1, 0.15) is 28.7 Å². The normalized spacial score (nSPS) is 10.4. The van der Waals surface area contributed by atoms with E-state index in [0.29, 0.717) is 0 Å². The molecule has 0 bridgehead atoms. The van der Waals surface area contributed by atoms with Crippen LogP contribution in [0.3, 0.4) is 0 Å². The molecule has 0 aliphatic carbocycles. The Balaban J connectivity index is 1.71. The lowest BCUT2D eigenvalue weighted by Gasteiger charge is -2.11. The van der Waals surface area contributed by atoms with Crippen LogP contribution in [-0.4, -0.2) is 20.9 Å². The van der Waals surface area contributed by atoms with Gasteiger partial charge in [0.25, 0.3) is 0 Å². The van der Waals surface area contributed by atoms with Gasteiger partial charge >= 0.3 is 5.97 Å². The lowest BCUT2D eigenvalue weighted by Crippen LogP contribution is -2.11. The number of anilines is 3. The van der Waals surface area contributed by atoms with Crippen LogP contribution < -0.4 is 11.1 Å². The molecule has 0 saturated heterocycles. The van der Waals surface area contributed by atoms with E-state index in [4.69, 9.17) is 10.5 Å². The van der Waals surface area contributed by atoms with Gasteiger partial charge in [-0.25, -0.2) is 9.18 Å². The first-order valence-electron chi connectivity index (χ1n) is 8.33. The molecule has 138 valence electrons. The van der Waals surface area contributed by atoms with E-state index in [2.05, 4.69) is 20.3 Å². The molecule has 0 amide bonds. The third-order valence-corrected chi connectivity index (χ3v) is 3.76. The molecular weight excluding hydrogens is 349 g/mol. The molecule has 1 aromatic heterocycles. The number of nitrogens with two attached hydrogens (primary N) is 1. The zero-order valence-corrected chi connectivity index (χ0v) is 14.6. The average Bonchev–Trinajstić information content (AvgIpc) is 2.67. The van der Waals surface area contributed by atoms with Gasteiger partial charge in [-0.3, -0.25) is 0 Å². The number of nitrogen functional groups attached to an aromatic ring is 1. The van der Waals surface area contributed by atoms with E-state index in [-0.39, 0.29) is 29.9 Å². The quantitative estimate of drug-likeness (QED) is 0.645. The Hall–Kier alpha value is -3.55. The number of hydrogen-bond acceptors (Lipinski definition) is 7. The molecule has 0 radical (unpaired) electrons. The van der Waals surface area contributed by atoms with Crippen molar-refractivity contribution >= 4 is 23.6 Å². The van der Waals surface area contributed by atoms with Gasteiger partial charge in [0.2, 0.25) is 11.9 Å². The Kier molecular flexibility index (Phi) is 5.55. The lowest BCUT2D eigenvalue weighted by atomic mass is 10.1. The third-order valence-electron chi connectivity index (χ3n) is 3.76. The zero-order chi connectivity index (χ0) is 19.2. The number of aryl methyl sites for hydroxylation is 1. The smallest absolute Gasteiger partial charge is 0.338 e. The summed E-state index contributed by atoms with van der Waals surface area (Å²) in [5.41, 5.74) is 7.92. The number of benzene rings is 2. The van der Waals surface area contributed by atoms with Gasteiger partial charge in [0.05, 0.1) is 5.56 Å². The molecule has 0 aliphatic heterocycles. The van der Waals surface area contributed by atoms with Gasteiger partial charge in [0.15, 0.2) is 12.4 Å². The summed E-state index contributed by atoms with van der Waals surface area (Å²) < 4.78 is 18.1. The molecule has 0 unspecified atom stereocenters. The fourth-order valence-corrected chi connectivity index (χ4v) is 2.43. The van der Waals surface area contributed by atoms with Gasteiger partial charge in [-0.05, 0) is 42.3 Å². The molecule has 0 spiro atoms. The Morgan fingerprint density at radius 2 is 1.85 bits per heavy atom. The van der Waals surface area contributed by atoms with Gasteiger partial charge in [-0.2, -0.15) is 15.0 Å². The lowest BCUT2D eigenvalue weighted by molar-refractivity contribution is 0.0462. The van der Waals surface area contributed by atoms with Crippen molar-refractivity contribution in [3.63, 3.8) is 0 Å². The number of hydrogen-bond donors (Lipinski definition) is 2. The fraction of sp³-hybridized carbons (Fsp3) is 0.158. The summed E-state index contributed by atoms with van der Waals surface area (Å²) in [5, 5.41) is 3.11. The predicted molar refractivity (Wildman–Crippen MR) is 98.9 cm³/mol. The molecule has 0 saturated carbocycles. The van der Waals surface area contributed by atoms with E-state index in [1.807, 2.05) is 31.2 Å². The highest BCUT2D eigenvalue weighted by atomic mass is 19.1. The standard InChI is InChI=1S/C19H18FN5O2/c1-2-12-5-3-4-6-15(12)22-19-24-16(23-18(21)25-19)11-27-17(26)13-7-9-14(20)10-8-13/h3-10H,2,11H2,1H3,(H3,21,22,23,24,25). The molecule has 0 atom stereocenters. The maximum atomic E-state index is 12.9. The minimum absolute atomic E-state index is 0.00862. The number of carbonyl (C=O) groups excluding carboxylic acids is 1. The number of nitrogens with one attached hydrogen (secondary N) is 1. The summed E-state index contributed by atoms with van der Waals surface area (Å²) in [6, 6.07) is 12.8. The molecule has 3 aromatic rings. The molecule has 8 heteroatoms. The van der Waals surface area contributed by atoms with Gasteiger partial charge in [0, 0.05) is 5.69 Å². The second-order valence-electron chi connectivity index (χ2n) is 5.65. The fourth-order valence-electron chi connectivity index (χ4n) is 2.43. The molecule has 3 rings (SSSR count). The predicted octanol–water partition coefficient (Wildman–Crippen LogP) is 3.26. The molecule has 0 aliphatic rings. The maximum Gasteiger partial charge on any atom is 0.338 e. The highest BCUT2D eigenvalue weighted by Gasteiger charge is 2.11. The molecule has 0 fully saturated rings. The first-order chi connectivity index (χ1) is 13.0. The van der Waals surface area contributed by atoms with Crippen molar-refractivity contribution in [1.82, 2.24) is 15.0 Å². The van der Waals surface area contributed by atoms with Crippen LogP contribution in [0.5, 0.6) is 0 Å². The van der Waals surface area contributed by atoms with Crippen molar-refractivity contribution in [3.8, 4) is 0 Å². The number of nitrogens with zero attached hydrogens (tertiary/aromatic N) is 3. The van der Waals surface area contributed by atoms with Crippen molar-refractivity contribution in [2.24, 2.45) is 0 Å². The number of aromatic nitrogens is 3.